The number of sulfonamides is 1. The number of H-pyrrole nitrogens is 1. The predicted octanol–water partition coefficient (Wildman–Crippen LogP) is -1.15. The Balaban J connectivity index is 2.32. The fourth-order valence-corrected chi connectivity index (χ4v) is 2.23. The Hall–Kier alpha value is -2.07. The van der Waals surface area contributed by atoms with E-state index in [0.29, 0.717) is 5.56 Å². The van der Waals surface area contributed by atoms with Gasteiger partial charge in [0.25, 0.3) is 16.0 Å². The van der Waals surface area contributed by atoms with E-state index in [1.807, 2.05) is 0 Å². The van der Waals surface area contributed by atoms with Gasteiger partial charge in [-0.1, -0.05) is 0 Å². The molecule has 0 fully saturated rings. The lowest BCUT2D eigenvalue weighted by Crippen LogP contribution is -2.18. The average molecular weight is 255 g/mol. The number of nitrogens with zero attached hydrogens (tertiary/aromatic N) is 4. The molecule has 2 aromatic rings. The molecule has 2 rings (SSSR count). The van der Waals surface area contributed by atoms with E-state index in [1.54, 1.807) is 0 Å². The first-order valence-corrected chi connectivity index (χ1v) is 6.00. The zero-order chi connectivity index (χ0) is 12.3. The second-order valence-electron chi connectivity index (χ2n) is 3.00. The molecule has 2 aromatic heterocycles. The van der Waals surface area contributed by atoms with E-state index in [1.165, 1.54) is 18.6 Å². The lowest BCUT2D eigenvalue weighted by atomic mass is 10.4. The van der Waals surface area contributed by atoms with Crippen molar-refractivity contribution in [3.8, 4) is 0 Å². The molecule has 0 spiro atoms. The van der Waals surface area contributed by atoms with Crippen LogP contribution in [-0.2, 0) is 16.6 Å². The van der Waals surface area contributed by atoms with E-state index in [9.17, 15) is 8.42 Å². The molecule has 0 radical (unpaired) electrons. The zero-order valence-electron chi connectivity index (χ0n) is 8.53. The summed E-state index contributed by atoms with van der Waals surface area (Å²) in [6.45, 7) is 0.0562. The van der Waals surface area contributed by atoms with Crippen molar-refractivity contribution in [2.75, 3.05) is 4.72 Å². The number of nitrogens with two attached hydrogens (primary N) is 1. The molecule has 9 nitrogen and oxygen atoms in total. The van der Waals surface area contributed by atoms with Crippen LogP contribution in [0.15, 0.2) is 23.6 Å². The topological polar surface area (TPSA) is 140 Å². The predicted molar refractivity (Wildman–Crippen MR) is 57.1 cm³/mol. The Morgan fingerprint density at radius 3 is 2.88 bits per heavy atom. The van der Waals surface area contributed by atoms with Crippen LogP contribution >= 0.6 is 0 Å². The standard InChI is InChI=1S/C7H9N7O2S/c8-3-5-4-11-12-6(5)17(15,16)14-7-9-1-2-10-13-7/h1-2,4H,3,8H2,(H,11,12)(H,9,13,14). The first-order valence-electron chi connectivity index (χ1n) is 4.52. The molecule has 0 aromatic carbocycles. The van der Waals surface area contributed by atoms with Gasteiger partial charge in [-0.05, 0) is 0 Å². The Morgan fingerprint density at radius 1 is 1.41 bits per heavy atom. The first kappa shape index (κ1) is 11.4. The van der Waals surface area contributed by atoms with Crippen LogP contribution < -0.4 is 10.5 Å². The molecule has 90 valence electrons. The minimum Gasteiger partial charge on any atom is -0.326 e. The van der Waals surface area contributed by atoms with Gasteiger partial charge in [-0.25, -0.2) is 9.71 Å². The quantitative estimate of drug-likeness (QED) is 0.626. The maximum absolute atomic E-state index is 11.9. The number of rotatable bonds is 4. The molecule has 17 heavy (non-hydrogen) atoms. The number of hydrogen-bond acceptors (Lipinski definition) is 7. The lowest BCUT2D eigenvalue weighted by molar-refractivity contribution is 0.595. The largest absolute Gasteiger partial charge is 0.326 e. The monoisotopic (exact) mass is 255 g/mol. The van der Waals surface area contributed by atoms with Crippen molar-refractivity contribution in [2.45, 2.75) is 11.6 Å². The summed E-state index contributed by atoms with van der Waals surface area (Å²) < 4.78 is 25.9. The van der Waals surface area contributed by atoms with Crippen molar-refractivity contribution in [1.29, 1.82) is 0 Å². The Kier molecular flexibility index (Phi) is 2.97. The smallest absolute Gasteiger partial charge is 0.281 e. The third-order valence-corrected chi connectivity index (χ3v) is 3.22. The van der Waals surface area contributed by atoms with E-state index < -0.39 is 10.0 Å². The van der Waals surface area contributed by atoms with Crippen molar-refractivity contribution in [3.05, 3.63) is 24.2 Å². The Labute approximate surface area is 96.5 Å². The number of hydrogen-bond donors (Lipinski definition) is 3. The molecule has 0 bridgehead atoms. The number of anilines is 1. The van der Waals surface area contributed by atoms with Gasteiger partial charge in [-0.2, -0.15) is 18.6 Å². The van der Waals surface area contributed by atoms with Gasteiger partial charge < -0.3 is 5.73 Å². The van der Waals surface area contributed by atoms with Crippen LogP contribution in [-0.4, -0.2) is 33.8 Å². The van der Waals surface area contributed by atoms with Crippen LogP contribution in [0.4, 0.5) is 5.95 Å². The summed E-state index contributed by atoms with van der Waals surface area (Å²) in [5.41, 5.74) is 5.77. The molecule has 0 unspecified atom stereocenters. The minimum atomic E-state index is -3.83. The van der Waals surface area contributed by atoms with Crippen LogP contribution in [0.1, 0.15) is 5.56 Å². The molecule has 0 amide bonds. The minimum absolute atomic E-state index is 0.0562. The summed E-state index contributed by atoms with van der Waals surface area (Å²) in [6.07, 6.45) is 4.00. The molecule has 0 saturated carbocycles. The molecular formula is C7H9N7O2S. The van der Waals surface area contributed by atoms with Crippen molar-refractivity contribution < 1.29 is 8.42 Å². The van der Waals surface area contributed by atoms with Gasteiger partial charge in [-0.15, -0.1) is 5.10 Å². The normalized spacial score (nSPS) is 11.4. The highest BCUT2D eigenvalue weighted by Gasteiger charge is 2.21. The van der Waals surface area contributed by atoms with Crippen molar-refractivity contribution >= 4 is 16.0 Å². The molecule has 0 atom stereocenters. The van der Waals surface area contributed by atoms with E-state index in [0.717, 1.165) is 0 Å². The summed E-state index contributed by atoms with van der Waals surface area (Å²) in [7, 11) is -3.83. The van der Waals surface area contributed by atoms with Gasteiger partial charge >= 0.3 is 0 Å². The Bertz CT molecular complexity index is 594. The molecule has 0 saturated heterocycles. The maximum atomic E-state index is 11.9. The van der Waals surface area contributed by atoms with E-state index in [2.05, 4.69) is 30.1 Å². The number of aromatic amines is 1. The van der Waals surface area contributed by atoms with Gasteiger partial charge in [0, 0.05) is 12.1 Å². The summed E-state index contributed by atoms with van der Waals surface area (Å²) in [4.78, 5) is 3.70. The van der Waals surface area contributed by atoms with Gasteiger partial charge in [0.2, 0.25) is 0 Å². The Morgan fingerprint density at radius 2 is 2.24 bits per heavy atom. The van der Waals surface area contributed by atoms with Crippen molar-refractivity contribution in [3.63, 3.8) is 0 Å². The highest BCUT2D eigenvalue weighted by atomic mass is 32.2. The fraction of sp³-hybridized carbons (Fsp3) is 0.143. The van der Waals surface area contributed by atoms with Crippen LogP contribution in [0, 0.1) is 0 Å². The highest BCUT2D eigenvalue weighted by Crippen LogP contribution is 2.13. The van der Waals surface area contributed by atoms with Crippen molar-refractivity contribution in [1.82, 2.24) is 25.4 Å². The molecule has 2 heterocycles. The SMILES string of the molecule is NCc1cn[nH]c1S(=O)(=O)Nc1nccnn1. The maximum Gasteiger partial charge on any atom is 0.281 e. The molecule has 0 aliphatic rings. The summed E-state index contributed by atoms with van der Waals surface area (Å²) in [5, 5.41) is 12.9. The summed E-state index contributed by atoms with van der Waals surface area (Å²) >= 11 is 0. The van der Waals surface area contributed by atoms with Crippen LogP contribution in [0.5, 0.6) is 0 Å². The van der Waals surface area contributed by atoms with Gasteiger partial charge in [0.1, 0.15) is 0 Å². The van der Waals surface area contributed by atoms with Gasteiger partial charge in [0.05, 0.1) is 18.6 Å². The van der Waals surface area contributed by atoms with Crippen LogP contribution in [0.2, 0.25) is 0 Å². The third-order valence-electron chi connectivity index (χ3n) is 1.88. The van der Waals surface area contributed by atoms with Gasteiger partial charge in [-0.3, -0.25) is 5.10 Å². The molecule has 4 N–H and O–H groups in total. The van der Waals surface area contributed by atoms with Crippen LogP contribution in [0.3, 0.4) is 0 Å². The average Bonchev–Trinajstić information content (AvgIpc) is 2.78. The molecule has 0 aliphatic carbocycles. The van der Waals surface area contributed by atoms with E-state index >= 15 is 0 Å². The lowest BCUT2D eigenvalue weighted by Gasteiger charge is -2.04. The third kappa shape index (κ3) is 2.37. The zero-order valence-corrected chi connectivity index (χ0v) is 9.35. The van der Waals surface area contributed by atoms with Crippen LogP contribution in [0.25, 0.3) is 0 Å². The molecule has 0 aliphatic heterocycles. The second kappa shape index (κ2) is 4.43. The van der Waals surface area contributed by atoms with E-state index in [4.69, 9.17) is 5.73 Å². The van der Waals surface area contributed by atoms with E-state index in [-0.39, 0.29) is 17.5 Å². The molecule has 10 heteroatoms. The number of aromatic nitrogens is 5. The second-order valence-corrected chi connectivity index (χ2v) is 4.62. The van der Waals surface area contributed by atoms with Crippen molar-refractivity contribution in [2.24, 2.45) is 5.73 Å². The number of nitrogens with one attached hydrogen (secondary N) is 2. The summed E-state index contributed by atoms with van der Waals surface area (Å²) in [5.74, 6) is -0.120. The highest BCUT2D eigenvalue weighted by molar-refractivity contribution is 7.92. The van der Waals surface area contributed by atoms with Gasteiger partial charge in [0.15, 0.2) is 5.03 Å². The molecular weight excluding hydrogens is 246 g/mol. The summed E-state index contributed by atoms with van der Waals surface area (Å²) in [6, 6.07) is 0. The first-order chi connectivity index (χ1) is 8.13. The fourth-order valence-electron chi connectivity index (χ4n) is 1.14.